The number of aromatic nitrogens is 2. The fraction of sp³-hybridized carbons (Fsp3) is 0.286. The van der Waals surface area contributed by atoms with Gasteiger partial charge in [-0.3, -0.25) is 4.79 Å². The molecule has 1 aliphatic heterocycles. The summed E-state index contributed by atoms with van der Waals surface area (Å²) in [5.74, 6) is 1.47. The molecule has 1 aromatic carbocycles. The molecule has 5 nitrogen and oxygen atoms in total. The van der Waals surface area contributed by atoms with Crippen molar-refractivity contribution in [3.63, 3.8) is 0 Å². The predicted molar refractivity (Wildman–Crippen MR) is 99.0 cm³/mol. The summed E-state index contributed by atoms with van der Waals surface area (Å²) < 4.78 is 5.53. The molecule has 2 aromatic heterocycles. The number of carbonyl (C=O) groups is 1. The molecule has 132 valence electrons. The molecule has 1 amide bonds. The van der Waals surface area contributed by atoms with Crippen LogP contribution in [0.5, 0.6) is 0 Å². The largest absolute Gasteiger partial charge is 0.466 e. The van der Waals surface area contributed by atoms with Crippen molar-refractivity contribution in [1.82, 2.24) is 14.9 Å². The van der Waals surface area contributed by atoms with Crippen LogP contribution in [0.4, 0.5) is 0 Å². The minimum atomic E-state index is 0.0291. The average molecular weight is 347 g/mol. The number of fused-ring (bicyclic) bond motifs is 1. The van der Waals surface area contributed by atoms with E-state index >= 15 is 0 Å². The maximum Gasteiger partial charge on any atom is 0.257 e. The Morgan fingerprint density at radius 2 is 1.85 bits per heavy atom. The zero-order chi connectivity index (χ0) is 18.1. The van der Waals surface area contributed by atoms with E-state index < -0.39 is 0 Å². The summed E-state index contributed by atoms with van der Waals surface area (Å²) in [5, 5.41) is 0. The molecule has 0 atom stereocenters. The van der Waals surface area contributed by atoms with Crippen LogP contribution in [0.2, 0.25) is 0 Å². The van der Waals surface area contributed by atoms with Crippen molar-refractivity contribution < 1.29 is 9.21 Å². The third-order valence-corrected chi connectivity index (χ3v) is 4.89. The van der Waals surface area contributed by atoms with Gasteiger partial charge in [0.2, 0.25) is 0 Å². The monoisotopic (exact) mass is 347 g/mol. The van der Waals surface area contributed by atoms with Crippen LogP contribution in [0.3, 0.4) is 0 Å². The van der Waals surface area contributed by atoms with Gasteiger partial charge in [0.05, 0.1) is 11.3 Å². The van der Waals surface area contributed by atoms with Crippen LogP contribution >= 0.6 is 0 Å². The number of amides is 1. The third-order valence-electron chi connectivity index (χ3n) is 4.89. The molecule has 0 aliphatic carbocycles. The summed E-state index contributed by atoms with van der Waals surface area (Å²) >= 11 is 0. The predicted octanol–water partition coefficient (Wildman–Crippen LogP) is 3.59. The molecular formula is C21H21N3O2. The van der Waals surface area contributed by atoms with E-state index in [1.165, 1.54) is 0 Å². The summed E-state index contributed by atoms with van der Waals surface area (Å²) in [6.07, 6.45) is 3.11. The first-order chi connectivity index (χ1) is 12.6. The van der Waals surface area contributed by atoms with Crippen molar-refractivity contribution in [3.05, 3.63) is 71.1 Å². The number of hydrogen-bond donors (Lipinski definition) is 0. The summed E-state index contributed by atoms with van der Waals surface area (Å²) in [4.78, 5) is 23.8. The fourth-order valence-electron chi connectivity index (χ4n) is 3.59. The summed E-state index contributed by atoms with van der Waals surface area (Å²) in [5.41, 5.74) is 4.90. The highest BCUT2D eigenvalue weighted by atomic mass is 16.3. The Labute approximate surface area is 152 Å². The second-order valence-corrected chi connectivity index (χ2v) is 6.63. The summed E-state index contributed by atoms with van der Waals surface area (Å²) in [7, 11) is 0. The minimum Gasteiger partial charge on any atom is -0.466 e. The van der Waals surface area contributed by atoms with Gasteiger partial charge in [-0.15, -0.1) is 0 Å². The second-order valence-electron chi connectivity index (χ2n) is 6.63. The van der Waals surface area contributed by atoms with E-state index in [-0.39, 0.29) is 5.91 Å². The fourth-order valence-corrected chi connectivity index (χ4v) is 3.59. The van der Waals surface area contributed by atoms with Crippen molar-refractivity contribution in [2.24, 2.45) is 0 Å². The summed E-state index contributed by atoms with van der Waals surface area (Å²) in [6.45, 7) is 5.01. The molecule has 0 saturated heterocycles. The lowest BCUT2D eigenvalue weighted by atomic mass is 10.0. The van der Waals surface area contributed by atoms with Crippen LogP contribution in [0, 0.1) is 13.8 Å². The number of benzene rings is 1. The SMILES string of the molecule is Cc1cc(C(=O)N2CCc3ncnc(-c4ccccc4)c3CC2)c(C)o1. The van der Waals surface area contributed by atoms with E-state index in [0.29, 0.717) is 24.4 Å². The molecule has 1 aliphatic rings. The summed E-state index contributed by atoms with van der Waals surface area (Å²) in [6, 6.07) is 12.0. The number of aryl methyl sites for hydroxylation is 2. The van der Waals surface area contributed by atoms with E-state index in [1.54, 1.807) is 6.33 Å². The van der Waals surface area contributed by atoms with Gasteiger partial charge < -0.3 is 9.32 Å². The van der Waals surface area contributed by atoms with Crippen molar-refractivity contribution in [2.75, 3.05) is 13.1 Å². The average Bonchev–Trinajstić information content (AvgIpc) is 2.87. The Kier molecular flexibility index (Phi) is 4.29. The minimum absolute atomic E-state index is 0.0291. The lowest BCUT2D eigenvalue weighted by Gasteiger charge is -2.19. The Morgan fingerprint density at radius 1 is 1.08 bits per heavy atom. The van der Waals surface area contributed by atoms with Crippen LogP contribution < -0.4 is 0 Å². The molecule has 3 heterocycles. The van der Waals surface area contributed by atoms with Gasteiger partial charge in [0.15, 0.2) is 0 Å². The van der Waals surface area contributed by atoms with Crippen LogP contribution in [0.15, 0.2) is 47.1 Å². The van der Waals surface area contributed by atoms with Gasteiger partial charge in [0, 0.05) is 36.3 Å². The van der Waals surface area contributed by atoms with E-state index in [9.17, 15) is 4.79 Å². The molecule has 0 unspecified atom stereocenters. The Bertz CT molecular complexity index is 947. The van der Waals surface area contributed by atoms with Crippen LogP contribution in [0.1, 0.15) is 33.1 Å². The zero-order valence-electron chi connectivity index (χ0n) is 15.0. The first kappa shape index (κ1) is 16.5. The van der Waals surface area contributed by atoms with Gasteiger partial charge in [0.1, 0.15) is 17.8 Å². The maximum atomic E-state index is 12.9. The topological polar surface area (TPSA) is 59.2 Å². The van der Waals surface area contributed by atoms with E-state index in [4.69, 9.17) is 4.42 Å². The first-order valence-electron chi connectivity index (χ1n) is 8.88. The van der Waals surface area contributed by atoms with Gasteiger partial charge in [-0.1, -0.05) is 30.3 Å². The van der Waals surface area contributed by atoms with Gasteiger partial charge in [-0.25, -0.2) is 9.97 Å². The van der Waals surface area contributed by atoms with Crippen LogP contribution in [-0.2, 0) is 12.8 Å². The van der Waals surface area contributed by atoms with Crippen molar-refractivity contribution >= 4 is 5.91 Å². The maximum absolute atomic E-state index is 12.9. The lowest BCUT2D eigenvalue weighted by Crippen LogP contribution is -2.33. The lowest BCUT2D eigenvalue weighted by molar-refractivity contribution is 0.0761. The molecule has 0 fully saturated rings. The smallest absolute Gasteiger partial charge is 0.257 e. The van der Waals surface area contributed by atoms with Crippen LogP contribution in [0.25, 0.3) is 11.3 Å². The van der Waals surface area contributed by atoms with E-state index in [1.807, 2.05) is 43.0 Å². The van der Waals surface area contributed by atoms with Gasteiger partial charge in [0.25, 0.3) is 5.91 Å². The second kappa shape index (κ2) is 6.75. The molecule has 0 radical (unpaired) electrons. The molecular weight excluding hydrogens is 326 g/mol. The van der Waals surface area contributed by atoms with Gasteiger partial charge in [-0.2, -0.15) is 0 Å². The van der Waals surface area contributed by atoms with Crippen LogP contribution in [-0.4, -0.2) is 33.9 Å². The normalized spacial score (nSPS) is 14.0. The Morgan fingerprint density at radius 3 is 2.58 bits per heavy atom. The molecule has 0 bridgehead atoms. The Hall–Kier alpha value is -2.95. The quantitative estimate of drug-likeness (QED) is 0.711. The number of carbonyl (C=O) groups excluding carboxylic acids is 1. The van der Waals surface area contributed by atoms with Crippen molar-refractivity contribution in [2.45, 2.75) is 26.7 Å². The number of furan rings is 1. The van der Waals surface area contributed by atoms with Gasteiger partial charge >= 0.3 is 0 Å². The molecule has 5 heteroatoms. The first-order valence-corrected chi connectivity index (χ1v) is 8.88. The van der Waals surface area contributed by atoms with Crippen molar-refractivity contribution in [1.29, 1.82) is 0 Å². The standard InChI is InChI=1S/C21H21N3O2/c1-14-12-18(15(2)26-14)21(25)24-10-8-17-19(9-11-24)22-13-23-20(17)16-6-4-3-5-7-16/h3-7,12-13H,8-11H2,1-2H3. The molecule has 0 N–H and O–H groups in total. The Balaban J connectivity index is 1.62. The van der Waals surface area contributed by atoms with Crippen molar-refractivity contribution in [3.8, 4) is 11.3 Å². The molecule has 0 spiro atoms. The zero-order valence-corrected chi connectivity index (χ0v) is 15.0. The highest BCUT2D eigenvalue weighted by Crippen LogP contribution is 2.26. The van der Waals surface area contributed by atoms with E-state index in [0.717, 1.165) is 41.1 Å². The molecule has 4 rings (SSSR count). The van der Waals surface area contributed by atoms with E-state index in [2.05, 4.69) is 22.1 Å². The highest BCUT2D eigenvalue weighted by molar-refractivity contribution is 5.95. The van der Waals surface area contributed by atoms with Gasteiger partial charge in [-0.05, 0) is 26.3 Å². The molecule has 3 aromatic rings. The third kappa shape index (κ3) is 3.01. The number of nitrogens with zero attached hydrogens (tertiary/aromatic N) is 3. The number of rotatable bonds is 2. The molecule has 0 saturated carbocycles. The molecule has 26 heavy (non-hydrogen) atoms. The number of hydrogen-bond acceptors (Lipinski definition) is 4. The highest BCUT2D eigenvalue weighted by Gasteiger charge is 2.25.